The zero-order chi connectivity index (χ0) is 24.0. The van der Waals surface area contributed by atoms with E-state index in [0.717, 1.165) is 22.2 Å². The lowest BCUT2D eigenvalue weighted by molar-refractivity contribution is -0.138. The van der Waals surface area contributed by atoms with Gasteiger partial charge in [0.25, 0.3) is 10.0 Å². The molecular formula is C22H19F3N2O5S. The summed E-state index contributed by atoms with van der Waals surface area (Å²) in [6, 6.07) is 8.36. The first-order valence-electron chi connectivity index (χ1n) is 10.1. The van der Waals surface area contributed by atoms with Gasteiger partial charge in [0.15, 0.2) is 11.5 Å². The van der Waals surface area contributed by atoms with Crippen LogP contribution in [0.25, 0.3) is 22.0 Å². The predicted octanol–water partition coefficient (Wildman–Crippen LogP) is 5.01. The maximum atomic E-state index is 13.6. The SMILES string of the molecule is CCc1nc2ccc(S(=O)(=O)n3c(CCCC(=O)O)cc4cc(C(F)(F)F)ccc43)cc2o1. The molecule has 0 bridgehead atoms. The zero-order valence-corrected chi connectivity index (χ0v) is 18.2. The Bertz CT molecular complexity index is 1470. The Morgan fingerprint density at radius 1 is 1.15 bits per heavy atom. The van der Waals surface area contributed by atoms with Crippen LogP contribution in [-0.2, 0) is 33.8 Å². The van der Waals surface area contributed by atoms with Gasteiger partial charge in [-0.15, -0.1) is 0 Å². The normalized spacial score (nSPS) is 12.6. The third-order valence-electron chi connectivity index (χ3n) is 5.23. The van der Waals surface area contributed by atoms with Gasteiger partial charge < -0.3 is 9.52 Å². The summed E-state index contributed by atoms with van der Waals surface area (Å²) in [5.74, 6) is -0.609. The third kappa shape index (κ3) is 4.32. The van der Waals surface area contributed by atoms with E-state index in [1.54, 1.807) is 0 Å². The number of fused-ring (bicyclic) bond motifs is 2. The van der Waals surface area contributed by atoms with E-state index in [-0.39, 0.29) is 46.3 Å². The van der Waals surface area contributed by atoms with Gasteiger partial charge in [0, 0.05) is 30.0 Å². The van der Waals surface area contributed by atoms with E-state index in [4.69, 9.17) is 9.52 Å². The second-order valence-electron chi connectivity index (χ2n) is 7.51. The number of hydrogen-bond acceptors (Lipinski definition) is 5. The highest BCUT2D eigenvalue weighted by Gasteiger charge is 2.32. The van der Waals surface area contributed by atoms with Crippen molar-refractivity contribution in [1.82, 2.24) is 8.96 Å². The molecule has 174 valence electrons. The van der Waals surface area contributed by atoms with E-state index in [0.29, 0.717) is 17.8 Å². The molecule has 2 aromatic heterocycles. The quantitative estimate of drug-likeness (QED) is 0.399. The van der Waals surface area contributed by atoms with Gasteiger partial charge in [-0.3, -0.25) is 4.79 Å². The van der Waals surface area contributed by atoms with E-state index in [2.05, 4.69) is 4.98 Å². The van der Waals surface area contributed by atoms with Crippen LogP contribution < -0.4 is 0 Å². The molecule has 0 amide bonds. The van der Waals surface area contributed by atoms with Crippen molar-refractivity contribution in [3.63, 3.8) is 0 Å². The minimum atomic E-state index is -4.59. The fourth-order valence-electron chi connectivity index (χ4n) is 3.67. The van der Waals surface area contributed by atoms with Crippen LogP contribution >= 0.6 is 0 Å². The van der Waals surface area contributed by atoms with Gasteiger partial charge in [0.1, 0.15) is 5.52 Å². The van der Waals surface area contributed by atoms with Crippen LogP contribution in [0.1, 0.15) is 36.9 Å². The van der Waals surface area contributed by atoms with Gasteiger partial charge >= 0.3 is 12.1 Å². The number of carboxylic acid groups (broad SMARTS) is 1. The number of alkyl halides is 3. The first kappa shape index (κ1) is 22.8. The van der Waals surface area contributed by atoms with Gasteiger partial charge in [-0.1, -0.05) is 6.92 Å². The Hall–Kier alpha value is -3.34. The maximum absolute atomic E-state index is 13.6. The van der Waals surface area contributed by atoms with Crippen LogP contribution in [0.15, 0.2) is 51.8 Å². The molecule has 0 radical (unpaired) electrons. The molecule has 2 aromatic carbocycles. The standard InChI is InChI=1S/C22H19F3N2O5S/c1-2-20-26-17-8-7-16(12-19(17)32-20)33(30,31)27-15(4-3-5-21(28)29)11-13-10-14(22(23,24)25)6-9-18(13)27/h6-12H,2-5H2,1H3,(H,28,29). The van der Waals surface area contributed by atoms with Crippen molar-refractivity contribution in [1.29, 1.82) is 0 Å². The molecule has 4 rings (SSSR count). The summed E-state index contributed by atoms with van der Waals surface area (Å²) in [6.45, 7) is 1.84. The lowest BCUT2D eigenvalue weighted by Crippen LogP contribution is -2.16. The number of hydrogen-bond donors (Lipinski definition) is 1. The summed E-state index contributed by atoms with van der Waals surface area (Å²) in [6.07, 6.45) is -4.11. The number of carboxylic acids is 1. The molecule has 0 saturated carbocycles. The van der Waals surface area contributed by atoms with Gasteiger partial charge in [-0.25, -0.2) is 17.4 Å². The number of carbonyl (C=O) groups is 1. The minimum absolute atomic E-state index is 0.0477. The van der Waals surface area contributed by atoms with E-state index in [1.807, 2.05) is 6.92 Å². The average Bonchev–Trinajstić information content (AvgIpc) is 3.32. The Labute approximate surface area is 186 Å². The number of halogens is 3. The average molecular weight is 480 g/mol. The predicted molar refractivity (Wildman–Crippen MR) is 113 cm³/mol. The third-order valence-corrected chi connectivity index (χ3v) is 6.99. The largest absolute Gasteiger partial charge is 0.481 e. The Kier molecular flexibility index (Phi) is 5.69. The Morgan fingerprint density at radius 3 is 2.58 bits per heavy atom. The number of nitrogens with zero attached hydrogens (tertiary/aromatic N) is 2. The summed E-state index contributed by atoms with van der Waals surface area (Å²) in [5, 5.41) is 9.01. The molecule has 2 heterocycles. The van der Waals surface area contributed by atoms with Crippen molar-refractivity contribution >= 4 is 38.0 Å². The lowest BCUT2D eigenvalue weighted by atomic mass is 10.1. The summed E-state index contributed by atoms with van der Waals surface area (Å²) in [4.78, 5) is 15.0. The molecule has 0 saturated heterocycles. The number of benzene rings is 2. The first-order chi connectivity index (χ1) is 15.5. The van der Waals surface area contributed by atoms with Gasteiger partial charge in [-0.05, 0) is 49.2 Å². The second kappa shape index (κ2) is 8.22. The van der Waals surface area contributed by atoms with Gasteiger partial charge in [-0.2, -0.15) is 13.2 Å². The topological polar surface area (TPSA) is 102 Å². The number of aliphatic carboxylic acids is 1. The van der Waals surface area contributed by atoms with Crippen molar-refractivity contribution in [2.45, 2.75) is 43.7 Å². The van der Waals surface area contributed by atoms with Crippen LogP contribution in [-0.4, -0.2) is 28.5 Å². The van der Waals surface area contributed by atoms with Crippen molar-refractivity contribution in [3.05, 3.63) is 59.6 Å². The Morgan fingerprint density at radius 2 is 1.91 bits per heavy atom. The number of aromatic nitrogens is 2. The smallest absolute Gasteiger partial charge is 0.416 e. The monoisotopic (exact) mass is 480 g/mol. The zero-order valence-electron chi connectivity index (χ0n) is 17.4. The van der Waals surface area contributed by atoms with Crippen molar-refractivity contribution in [3.8, 4) is 0 Å². The molecule has 0 spiro atoms. The van der Waals surface area contributed by atoms with Gasteiger partial charge in [0.05, 0.1) is 16.0 Å². The molecule has 7 nitrogen and oxygen atoms in total. The summed E-state index contributed by atoms with van der Waals surface area (Å²) in [7, 11) is -4.24. The molecule has 0 unspecified atom stereocenters. The summed E-state index contributed by atoms with van der Waals surface area (Å²) in [5.41, 5.74) is 0.116. The number of aryl methyl sites for hydroxylation is 2. The first-order valence-corrected chi connectivity index (χ1v) is 11.5. The van der Waals surface area contributed by atoms with E-state index < -0.39 is 27.7 Å². The molecule has 0 fully saturated rings. The summed E-state index contributed by atoms with van der Waals surface area (Å²) < 4.78 is 73.3. The highest BCUT2D eigenvalue weighted by Crippen LogP contribution is 2.34. The molecule has 4 aromatic rings. The molecule has 1 N–H and O–H groups in total. The fourth-order valence-corrected chi connectivity index (χ4v) is 5.26. The van der Waals surface area contributed by atoms with Crippen molar-refractivity contribution < 1.29 is 35.9 Å². The van der Waals surface area contributed by atoms with E-state index >= 15 is 0 Å². The lowest BCUT2D eigenvalue weighted by Gasteiger charge is -2.12. The van der Waals surface area contributed by atoms with E-state index in [1.165, 1.54) is 24.3 Å². The molecule has 0 atom stereocenters. The van der Waals surface area contributed by atoms with Crippen molar-refractivity contribution in [2.24, 2.45) is 0 Å². The highest BCUT2D eigenvalue weighted by atomic mass is 32.2. The van der Waals surface area contributed by atoms with Crippen LogP contribution in [0.3, 0.4) is 0 Å². The molecular weight excluding hydrogens is 461 g/mol. The Balaban J connectivity index is 1.88. The van der Waals surface area contributed by atoms with E-state index in [9.17, 15) is 26.4 Å². The van der Waals surface area contributed by atoms with Gasteiger partial charge in [0.2, 0.25) is 0 Å². The summed E-state index contributed by atoms with van der Waals surface area (Å²) >= 11 is 0. The number of rotatable bonds is 7. The molecule has 11 heteroatoms. The van der Waals surface area contributed by atoms with Crippen LogP contribution in [0.5, 0.6) is 0 Å². The molecule has 0 aliphatic carbocycles. The van der Waals surface area contributed by atoms with Crippen LogP contribution in [0.4, 0.5) is 13.2 Å². The van der Waals surface area contributed by atoms with Crippen LogP contribution in [0, 0.1) is 0 Å². The molecule has 0 aliphatic rings. The van der Waals surface area contributed by atoms with Crippen LogP contribution in [0.2, 0.25) is 0 Å². The molecule has 33 heavy (non-hydrogen) atoms. The minimum Gasteiger partial charge on any atom is -0.481 e. The highest BCUT2D eigenvalue weighted by molar-refractivity contribution is 7.90. The number of oxazole rings is 1. The maximum Gasteiger partial charge on any atom is 0.416 e. The fraction of sp³-hybridized carbons (Fsp3) is 0.273. The molecule has 0 aliphatic heterocycles. The van der Waals surface area contributed by atoms with Crippen molar-refractivity contribution in [2.75, 3.05) is 0 Å². The second-order valence-corrected chi connectivity index (χ2v) is 9.30.